The van der Waals surface area contributed by atoms with E-state index < -0.39 is 5.60 Å². The molecule has 1 heterocycles. The van der Waals surface area contributed by atoms with Crippen LogP contribution in [0.4, 0.5) is 4.79 Å². The van der Waals surface area contributed by atoms with Crippen molar-refractivity contribution in [1.29, 1.82) is 0 Å². The monoisotopic (exact) mass is 212 g/mol. The van der Waals surface area contributed by atoms with Gasteiger partial charge in [0.2, 0.25) is 0 Å². The Labute approximate surface area is 90.8 Å². The molecule has 15 heavy (non-hydrogen) atoms. The first-order valence-electron chi connectivity index (χ1n) is 5.65. The molecule has 1 aliphatic carbocycles. The highest BCUT2D eigenvalue weighted by atomic mass is 16.6. The number of fused-ring (bicyclic) bond motifs is 1. The first-order chi connectivity index (χ1) is 6.94. The van der Waals surface area contributed by atoms with Crippen LogP contribution in [0, 0.1) is 5.92 Å². The van der Waals surface area contributed by atoms with Crippen molar-refractivity contribution in [1.82, 2.24) is 4.90 Å². The fraction of sp³-hybridized carbons (Fsp3) is 0.909. The highest BCUT2D eigenvalue weighted by molar-refractivity contribution is 5.71. The highest BCUT2D eigenvalue weighted by Crippen LogP contribution is 2.47. The molecule has 0 aromatic rings. The summed E-state index contributed by atoms with van der Waals surface area (Å²) in [6.07, 6.45) is 2.13. The number of amides is 1. The smallest absolute Gasteiger partial charge is 0.410 e. The summed E-state index contributed by atoms with van der Waals surface area (Å²) in [5, 5.41) is 0. The Bertz CT molecular complexity index is 272. The molecule has 0 radical (unpaired) electrons. The maximum Gasteiger partial charge on any atom is 0.410 e. The van der Waals surface area contributed by atoms with E-state index in [1.807, 2.05) is 25.7 Å². The number of rotatable bonds is 1. The lowest BCUT2D eigenvalue weighted by Gasteiger charge is -2.61. The summed E-state index contributed by atoms with van der Waals surface area (Å²) in [6.45, 7) is 6.22. The third-order valence-corrected chi connectivity index (χ3v) is 3.34. The first-order valence-corrected chi connectivity index (χ1v) is 5.65. The van der Waals surface area contributed by atoms with Crippen LogP contribution in [0.15, 0.2) is 0 Å². The van der Waals surface area contributed by atoms with Gasteiger partial charge in [0.15, 0.2) is 0 Å². The summed E-state index contributed by atoms with van der Waals surface area (Å²) in [4.78, 5) is 13.7. The van der Waals surface area contributed by atoms with Gasteiger partial charge in [-0.05, 0) is 33.6 Å². The maximum absolute atomic E-state index is 11.8. The fourth-order valence-corrected chi connectivity index (χ4v) is 2.53. The van der Waals surface area contributed by atoms with Gasteiger partial charge >= 0.3 is 6.09 Å². The van der Waals surface area contributed by atoms with Crippen LogP contribution < -0.4 is 5.73 Å². The molecule has 4 heteroatoms. The average Bonchev–Trinajstić information content (AvgIpc) is 2.04. The summed E-state index contributed by atoms with van der Waals surface area (Å²) in [5.41, 5.74) is 5.25. The van der Waals surface area contributed by atoms with Crippen LogP contribution in [-0.4, -0.2) is 35.2 Å². The summed E-state index contributed by atoms with van der Waals surface area (Å²) < 4.78 is 5.36. The number of hydrogen-bond acceptors (Lipinski definition) is 3. The molecule has 0 spiro atoms. The molecule has 2 N–H and O–H groups in total. The minimum atomic E-state index is -0.412. The second-order valence-corrected chi connectivity index (χ2v) is 5.50. The molecule has 1 amide bonds. The van der Waals surface area contributed by atoms with Crippen molar-refractivity contribution in [2.75, 3.05) is 6.54 Å². The number of piperidine rings is 1. The molecule has 1 saturated heterocycles. The molecular formula is C11H20N2O2. The van der Waals surface area contributed by atoms with Crippen LogP contribution in [0.1, 0.15) is 33.6 Å². The van der Waals surface area contributed by atoms with Crippen LogP contribution in [-0.2, 0) is 4.74 Å². The number of nitrogens with zero attached hydrogens (tertiary/aromatic N) is 1. The standard InChI is InChI=1S/C11H20N2O2/c1-11(2,3)15-10(14)13-8-5-4-7(8)9(13)6-12/h7-9H,4-6,12H2,1-3H3/t7?,8-,9+/m0/s1. The number of likely N-dealkylation sites (tertiary alicyclic amines) is 1. The van der Waals surface area contributed by atoms with Gasteiger partial charge in [-0.1, -0.05) is 0 Å². The van der Waals surface area contributed by atoms with Gasteiger partial charge in [0.05, 0.1) is 6.04 Å². The van der Waals surface area contributed by atoms with Crippen LogP contribution in [0.5, 0.6) is 0 Å². The predicted molar refractivity (Wildman–Crippen MR) is 57.4 cm³/mol. The van der Waals surface area contributed by atoms with E-state index in [4.69, 9.17) is 10.5 Å². The highest BCUT2D eigenvalue weighted by Gasteiger charge is 2.56. The number of ether oxygens (including phenoxy) is 1. The molecule has 3 atom stereocenters. The van der Waals surface area contributed by atoms with E-state index >= 15 is 0 Å². The van der Waals surface area contributed by atoms with Crippen LogP contribution >= 0.6 is 0 Å². The maximum atomic E-state index is 11.8. The van der Waals surface area contributed by atoms with Crippen molar-refractivity contribution in [2.45, 2.75) is 51.3 Å². The van der Waals surface area contributed by atoms with E-state index in [-0.39, 0.29) is 12.1 Å². The van der Waals surface area contributed by atoms with E-state index in [2.05, 4.69) is 0 Å². The van der Waals surface area contributed by atoms with Gasteiger partial charge < -0.3 is 15.4 Å². The van der Waals surface area contributed by atoms with Crippen LogP contribution in [0.3, 0.4) is 0 Å². The fourth-order valence-electron chi connectivity index (χ4n) is 2.53. The van der Waals surface area contributed by atoms with Crippen molar-refractivity contribution in [3.05, 3.63) is 0 Å². The van der Waals surface area contributed by atoms with Gasteiger partial charge in [-0.3, -0.25) is 0 Å². The number of hydrogen-bond donors (Lipinski definition) is 1. The minimum absolute atomic E-state index is 0.195. The molecule has 0 bridgehead atoms. The van der Waals surface area contributed by atoms with Gasteiger partial charge in [0.25, 0.3) is 0 Å². The van der Waals surface area contributed by atoms with Crippen molar-refractivity contribution < 1.29 is 9.53 Å². The summed E-state index contributed by atoms with van der Waals surface area (Å²) >= 11 is 0. The lowest BCUT2D eigenvalue weighted by atomic mass is 9.65. The number of nitrogens with two attached hydrogens (primary N) is 1. The second kappa shape index (κ2) is 3.37. The van der Waals surface area contributed by atoms with Crippen molar-refractivity contribution in [3.8, 4) is 0 Å². The van der Waals surface area contributed by atoms with E-state index in [0.29, 0.717) is 18.5 Å². The van der Waals surface area contributed by atoms with E-state index in [9.17, 15) is 4.79 Å². The third kappa shape index (κ3) is 1.71. The molecule has 0 aromatic heterocycles. The predicted octanol–water partition coefficient (Wildman–Crippen LogP) is 1.34. The van der Waals surface area contributed by atoms with Crippen molar-refractivity contribution >= 4 is 6.09 Å². The third-order valence-electron chi connectivity index (χ3n) is 3.34. The van der Waals surface area contributed by atoms with E-state index in [0.717, 1.165) is 6.42 Å². The van der Waals surface area contributed by atoms with Gasteiger partial charge in [-0.25, -0.2) is 4.79 Å². The molecule has 2 aliphatic rings. The molecule has 2 rings (SSSR count). The molecule has 1 saturated carbocycles. The molecule has 2 fully saturated rings. The lowest BCUT2D eigenvalue weighted by molar-refractivity contribution is -0.112. The van der Waals surface area contributed by atoms with Gasteiger partial charge in [0.1, 0.15) is 5.60 Å². The Hall–Kier alpha value is -0.770. The van der Waals surface area contributed by atoms with Crippen molar-refractivity contribution in [3.63, 3.8) is 0 Å². The number of carbonyl (C=O) groups excluding carboxylic acids is 1. The Morgan fingerprint density at radius 1 is 1.47 bits per heavy atom. The molecule has 86 valence electrons. The normalized spacial score (nSPS) is 33.9. The molecular weight excluding hydrogens is 192 g/mol. The Kier molecular flexibility index (Phi) is 2.41. The van der Waals surface area contributed by atoms with Gasteiger partial charge in [-0.2, -0.15) is 0 Å². The van der Waals surface area contributed by atoms with E-state index in [1.54, 1.807) is 0 Å². The molecule has 0 aromatic carbocycles. The Morgan fingerprint density at radius 3 is 2.53 bits per heavy atom. The van der Waals surface area contributed by atoms with Crippen LogP contribution in [0.25, 0.3) is 0 Å². The zero-order chi connectivity index (χ0) is 11.2. The van der Waals surface area contributed by atoms with Gasteiger partial charge in [0, 0.05) is 18.5 Å². The minimum Gasteiger partial charge on any atom is -0.444 e. The largest absolute Gasteiger partial charge is 0.444 e. The lowest BCUT2D eigenvalue weighted by Crippen LogP contribution is -2.72. The SMILES string of the molecule is CC(C)(C)OC(=O)N1[C@H](CN)C2CC[C@@H]21. The van der Waals surface area contributed by atoms with Crippen molar-refractivity contribution in [2.24, 2.45) is 11.7 Å². The van der Waals surface area contributed by atoms with Crippen LogP contribution in [0.2, 0.25) is 0 Å². The zero-order valence-corrected chi connectivity index (χ0v) is 9.69. The Morgan fingerprint density at radius 2 is 2.13 bits per heavy atom. The molecule has 1 unspecified atom stereocenters. The first kappa shape index (κ1) is 10.7. The Balaban J connectivity index is 1.96. The quantitative estimate of drug-likeness (QED) is 0.713. The average molecular weight is 212 g/mol. The summed E-state index contributed by atoms with van der Waals surface area (Å²) in [7, 11) is 0. The zero-order valence-electron chi connectivity index (χ0n) is 9.69. The summed E-state index contributed by atoms with van der Waals surface area (Å²) in [6, 6.07) is 0.631. The van der Waals surface area contributed by atoms with E-state index in [1.165, 1.54) is 6.42 Å². The second-order valence-electron chi connectivity index (χ2n) is 5.50. The number of carbonyl (C=O) groups is 1. The molecule has 4 nitrogen and oxygen atoms in total. The topological polar surface area (TPSA) is 55.6 Å². The van der Waals surface area contributed by atoms with Gasteiger partial charge in [-0.15, -0.1) is 0 Å². The summed E-state index contributed by atoms with van der Waals surface area (Å²) in [5.74, 6) is 0.641. The molecule has 1 aliphatic heterocycles.